The van der Waals surface area contributed by atoms with Crippen LogP contribution in [-0.4, -0.2) is 22.9 Å². The number of nitro groups is 1. The summed E-state index contributed by atoms with van der Waals surface area (Å²) in [6, 6.07) is 0.795. The van der Waals surface area contributed by atoms with Crippen LogP contribution in [0.1, 0.15) is 0 Å². The van der Waals surface area contributed by atoms with Gasteiger partial charge in [0.05, 0.1) is 9.40 Å². The average Bonchev–Trinajstić information content (AvgIpc) is 2.18. The molecule has 0 aliphatic carbocycles. The maximum absolute atomic E-state index is 13.0. The Labute approximate surface area is 95.5 Å². The number of halogens is 4. The number of hydrogen-bond donors (Lipinski definition) is 0. The monoisotopic (exact) mass is 300 g/mol. The van der Waals surface area contributed by atoms with E-state index >= 15 is 0 Å². The molecule has 1 rings (SSSR count). The largest absolute Gasteiger partial charge is 0.471 e. The molecule has 1 heterocycles. The normalized spacial score (nSPS) is 10.6. The number of nitrogens with zero attached hydrogens (tertiary/aromatic N) is 2. The Hall–Kier alpha value is -1.38. The minimum atomic E-state index is -2.74. The van der Waals surface area contributed by atoms with E-state index in [-0.39, 0.29) is 4.47 Å². The third-order valence-corrected chi connectivity index (χ3v) is 1.99. The van der Waals surface area contributed by atoms with Crippen LogP contribution < -0.4 is 4.74 Å². The molecule has 0 aliphatic rings. The molecule has 0 aliphatic heterocycles. The van der Waals surface area contributed by atoms with E-state index in [0.717, 1.165) is 6.07 Å². The van der Waals surface area contributed by atoms with E-state index in [9.17, 15) is 23.3 Å². The number of pyridine rings is 1. The summed E-state index contributed by atoms with van der Waals surface area (Å²) in [7, 11) is 0. The molecule has 0 bridgehead atoms. The molecule has 0 radical (unpaired) electrons. The molecule has 0 N–H and O–H groups in total. The number of hydrogen-bond acceptors (Lipinski definition) is 4. The lowest BCUT2D eigenvalue weighted by Gasteiger charge is -2.06. The van der Waals surface area contributed by atoms with Crippen molar-refractivity contribution < 1.29 is 22.8 Å². The van der Waals surface area contributed by atoms with Crippen LogP contribution in [0.3, 0.4) is 0 Å². The van der Waals surface area contributed by atoms with Gasteiger partial charge in [-0.25, -0.2) is 8.78 Å². The predicted molar refractivity (Wildman–Crippen MR) is 50.0 cm³/mol. The predicted octanol–water partition coefficient (Wildman–Crippen LogP) is 2.54. The van der Waals surface area contributed by atoms with E-state index < -0.39 is 35.5 Å². The maximum atomic E-state index is 13.0. The molecule has 0 aromatic carbocycles. The lowest BCUT2D eigenvalue weighted by Crippen LogP contribution is -2.09. The van der Waals surface area contributed by atoms with Gasteiger partial charge in [-0.3, -0.25) is 10.1 Å². The van der Waals surface area contributed by atoms with Crippen LogP contribution in [0.25, 0.3) is 0 Å². The van der Waals surface area contributed by atoms with Gasteiger partial charge in [-0.2, -0.15) is 9.37 Å². The highest BCUT2D eigenvalue weighted by molar-refractivity contribution is 9.10. The molecule has 0 fully saturated rings. The zero-order chi connectivity index (χ0) is 12.3. The molecule has 0 spiro atoms. The SMILES string of the molecule is O=[N+]([O-])c1cc(Br)c(OCC(F)F)nc1F. The lowest BCUT2D eigenvalue weighted by molar-refractivity contribution is -0.388. The molecule has 0 saturated carbocycles. The summed E-state index contributed by atoms with van der Waals surface area (Å²) in [6.07, 6.45) is -2.74. The van der Waals surface area contributed by atoms with E-state index in [4.69, 9.17) is 0 Å². The van der Waals surface area contributed by atoms with Crippen LogP contribution in [0, 0.1) is 16.1 Å². The zero-order valence-electron chi connectivity index (χ0n) is 7.49. The summed E-state index contributed by atoms with van der Waals surface area (Å²) in [4.78, 5) is 12.4. The van der Waals surface area contributed by atoms with Crippen molar-refractivity contribution in [3.8, 4) is 5.88 Å². The fourth-order valence-electron chi connectivity index (χ4n) is 0.812. The van der Waals surface area contributed by atoms with Crippen LogP contribution in [0.15, 0.2) is 10.5 Å². The minimum Gasteiger partial charge on any atom is -0.471 e. The van der Waals surface area contributed by atoms with Crippen molar-refractivity contribution in [2.75, 3.05) is 6.61 Å². The Morgan fingerprint density at radius 1 is 1.62 bits per heavy atom. The van der Waals surface area contributed by atoms with Crippen LogP contribution in [0.5, 0.6) is 5.88 Å². The number of rotatable bonds is 4. The highest BCUT2D eigenvalue weighted by Crippen LogP contribution is 2.28. The molecular formula is C7H4BrF3N2O3. The third-order valence-electron chi connectivity index (χ3n) is 1.42. The van der Waals surface area contributed by atoms with Crippen molar-refractivity contribution in [3.63, 3.8) is 0 Å². The van der Waals surface area contributed by atoms with Crippen LogP contribution in [0.2, 0.25) is 0 Å². The van der Waals surface area contributed by atoms with Gasteiger partial charge < -0.3 is 4.74 Å². The second-order valence-corrected chi connectivity index (χ2v) is 3.40. The first-order chi connectivity index (χ1) is 7.41. The van der Waals surface area contributed by atoms with E-state index in [0.29, 0.717) is 0 Å². The van der Waals surface area contributed by atoms with Gasteiger partial charge in [-0.1, -0.05) is 0 Å². The first kappa shape index (κ1) is 12.7. The average molecular weight is 301 g/mol. The summed E-state index contributed by atoms with van der Waals surface area (Å²) in [5.41, 5.74) is -0.865. The van der Waals surface area contributed by atoms with Crippen molar-refractivity contribution in [1.82, 2.24) is 4.98 Å². The number of aromatic nitrogens is 1. The molecule has 9 heteroatoms. The number of ether oxygens (including phenoxy) is 1. The molecule has 5 nitrogen and oxygen atoms in total. The highest BCUT2D eigenvalue weighted by atomic mass is 79.9. The second-order valence-electron chi connectivity index (χ2n) is 2.54. The summed E-state index contributed by atoms with van der Waals surface area (Å²) < 4.78 is 40.9. The van der Waals surface area contributed by atoms with E-state index in [1.807, 2.05) is 0 Å². The van der Waals surface area contributed by atoms with Gasteiger partial charge in [0.1, 0.15) is 0 Å². The highest BCUT2D eigenvalue weighted by Gasteiger charge is 2.20. The quantitative estimate of drug-likeness (QED) is 0.487. The third kappa shape index (κ3) is 3.05. The van der Waals surface area contributed by atoms with Gasteiger partial charge in [-0.15, -0.1) is 0 Å². The molecule has 1 aromatic rings. The molecule has 88 valence electrons. The maximum Gasteiger partial charge on any atom is 0.325 e. The fraction of sp³-hybridized carbons (Fsp3) is 0.286. The summed E-state index contributed by atoms with van der Waals surface area (Å²) in [6.45, 7) is -0.969. The smallest absolute Gasteiger partial charge is 0.325 e. The standard InChI is InChI=1S/C7H4BrF3N2O3/c8-3-1-4(13(14)15)6(11)12-7(3)16-2-5(9)10/h1,5H,2H2. The Bertz CT molecular complexity index is 416. The van der Waals surface area contributed by atoms with Gasteiger partial charge in [0.15, 0.2) is 6.61 Å². The topological polar surface area (TPSA) is 65.3 Å². The van der Waals surface area contributed by atoms with Gasteiger partial charge in [0.25, 0.3) is 12.4 Å². The van der Waals surface area contributed by atoms with Crippen molar-refractivity contribution >= 4 is 21.6 Å². The first-order valence-corrected chi connectivity index (χ1v) is 4.62. The molecule has 0 atom stereocenters. The summed E-state index contributed by atoms with van der Waals surface area (Å²) in [5, 5.41) is 10.3. The zero-order valence-corrected chi connectivity index (χ0v) is 9.08. The summed E-state index contributed by atoms with van der Waals surface area (Å²) >= 11 is 2.80. The van der Waals surface area contributed by atoms with Gasteiger partial charge in [0.2, 0.25) is 5.88 Å². The molecule has 16 heavy (non-hydrogen) atoms. The lowest BCUT2D eigenvalue weighted by atomic mass is 10.4. The Morgan fingerprint density at radius 2 is 2.25 bits per heavy atom. The van der Waals surface area contributed by atoms with Crippen LogP contribution in [0.4, 0.5) is 18.9 Å². The molecule has 0 saturated heterocycles. The summed E-state index contributed by atoms with van der Waals surface area (Å²) in [5.74, 6) is -1.85. The van der Waals surface area contributed by atoms with Crippen molar-refractivity contribution in [2.45, 2.75) is 6.43 Å². The van der Waals surface area contributed by atoms with Crippen LogP contribution in [-0.2, 0) is 0 Å². The Kier molecular flexibility index (Phi) is 4.05. The molecule has 0 amide bonds. The molecule has 1 aromatic heterocycles. The van der Waals surface area contributed by atoms with E-state index in [1.165, 1.54) is 0 Å². The second kappa shape index (κ2) is 5.10. The minimum absolute atomic E-state index is 0.0683. The van der Waals surface area contributed by atoms with Crippen molar-refractivity contribution in [1.29, 1.82) is 0 Å². The van der Waals surface area contributed by atoms with Crippen molar-refractivity contribution in [2.24, 2.45) is 0 Å². The van der Waals surface area contributed by atoms with E-state index in [1.54, 1.807) is 0 Å². The van der Waals surface area contributed by atoms with Crippen LogP contribution >= 0.6 is 15.9 Å². The molecule has 0 unspecified atom stereocenters. The fourth-order valence-corrected chi connectivity index (χ4v) is 1.23. The van der Waals surface area contributed by atoms with Gasteiger partial charge >= 0.3 is 5.69 Å². The molecular weight excluding hydrogens is 297 g/mol. The first-order valence-electron chi connectivity index (χ1n) is 3.83. The Balaban J connectivity index is 2.96. The van der Waals surface area contributed by atoms with Gasteiger partial charge in [-0.05, 0) is 15.9 Å². The van der Waals surface area contributed by atoms with E-state index in [2.05, 4.69) is 25.7 Å². The van der Waals surface area contributed by atoms with Gasteiger partial charge in [0, 0.05) is 6.07 Å². The number of alkyl halides is 2. The van der Waals surface area contributed by atoms with Crippen molar-refractivity contribution in [3.05, 3.63) is 26.6 Å². The Morgan fingerprint density at radius 3 is 2.75 bits per heavy atom.